The minimum absolute atomic E-state index is 0.0744. The molecular formula is C84H104N2O4. The summed E-state index contributed by atoms with van der Waals surface area (Å²) in [5.41, 5.74) is 23.8. The predicted molar refractivity (Wildman–Crippen MR) is 354 cm³/mol. The number of hydrogen-bond donors (Lipinski definition) is 4. The Morgan fingerprint density at radius 3 is 0.800 bits per heavy atom. The van der Waals surface area contributed by atoms with E-state index in [1.165, 1.54) is 242 Å². The Balaban J connectivity index is 0.540. The SMILES string of the molecule is Nc1cc(C23CC4CC(C2)CC(C25CC6CC(CC(C6)C2)C5)(C4)C3)c(Oc2ccc(C34CC5CC(C3)CC(C36CC7CC(CC(c8ccc(Oc9cc(O)c(N)cc9C9%10CC%11CC(C9)CC(C9%12CC%13CC(CC(C%13)C9)C%12)(C%11)C%10)cc8)(C7)C3)C6)(C5)C4)cc2)cc1O. The van der Waals surface area contributed by atoms with Crippen LogP contribution in [0.15, 0.2) is 72.8 Å². The lowest BCUT2D eigenvalue weighted by atomic mass is 9.30. The van der Waals surface area contributed by atoms with Crippen molar-refractivity contribution in [2.75, 3.05) is 11.5 Å². The highest BCUT2D eigenvalue weighted by Crippen LogP contribution is 2.82. The Morgan fingerprint density at radius 1 is 0.278 bits per heavy atom. The molecule has 24 aliphatic carbocycles. The molecule has 24 saturated carbocycles. The molecule has 8 unspecified atom stereocenters. The number of benzene rings is 4. The van der Waals surface area contributed by atoms with Crippen LogP contribution in [0.25, 0.3) is 0 Å². The van der Waals surface area contributed by atoms with Gasteiger partial charge in [-0.1, -0.05) is 24.3 Å². The number of phenols is 2. The summed E-state index contributed by atoms with van der Waals surface area (Å²) in [5, 5.41) is 22.8. The van der Waals surface area contributed by atoms with Gasteiger partial charge in [0.25, 0.3) is 0 Å². The van der Waals surface area contributed by atoms with E-state index >= 15 is 0 Å². The average Bonchev–Trinajstić information content (AvgIpc) is 0.691. The van der Waals surface area contributed by atoms with Crippen molar-refractivity contribution in [2.24, 2.45) is 115 Å². The van der Waals surface area contributed by atoms with Gasteiger partial charge in [-0.2, -0.15) is 0 Å². The minimum atomic E-state index is 0.0744. The number of nitrogen functional groups attached to an aromatic ring is 2. The Hall–Kier alpha value is -4.32. The van der Waals surface area contributed by atoms with E-state index in [2.05, 4.69) is 60.7 Å². The van der Waals surface area contributed by atoms with Gasteiger partial charge in [0, 0.05) is 34.1 Å². The first-order valence-corrected chi connectivity index (χ1v) is 38.3. The number of hydrogen-bond acceptors (Lipinski definition) is 6. The first kappa shape index (κ1) is 54.0. The highest BCUT2D eigenvalue weighted by atomic mass is 16.5. The van der Waals surface area contributed by atoms with E-state index in [-0.39, 0.29) is 33.2 Å². The van der Waals surface area contributed by atoms with Crippen molar-refractivity contribution >= 4 is 11.4 Å². The van der Waals surface area contributed by atoms with Gasteiger partial charge in [-0.05, 0) is 405 Å². The van der Waals surface area contributed by atoms with Crippen LogP contribution in [0.3, 0.4) is 0 Å². The molecule has 0 saturated heterocycles. The second kappa shape index (κ2) is 17.6. The van der Waals surface area contributed by atoms with Gasteiger partial charge in [-0.25, -0.2) is 0 Å². The van der Waals surface area contributed by atoms with Crippen molar-refractivity contribution in [1.82, 2.24) is 0 Å². The van der Waals surface area contributed by atoms with Crippen LogP contribution >= 0.6 is 0 Å². The third-order valence-corrected chi connectivity index (χ3v) is 34.5. The van der Waals surface area contributed by atoms with Crippen LogP contribution in [0.5, 0.6) is 34.5 Å². The Labute approximate surface area is 537 Å². The topological polar surface area (TPSA) is 111 Å². The number of rotatable bonds is 11. The number of anilines is 2. The third-order valence-electron chi connectivity index (χ3n) is 34.5. The normalized spacial score (nSPS) is 51.5. The van der Waals surface area contributed by atoms with Crippen LogP contribution in [0.4, 0.5) is 11.4 Å². The molecule has 4 aromatic carbocycles. The summed E-state index contributed by atoms with van der Waals surface area (Å²) >= 11 is 0. The maximum atomic E-state index is 11.4. The smallest absolute Gasteiger partial charge is 0.142 e. The van der Waals surface area contributed by atoms with Crippen molar-refractivity contribution in [3.05, 3.63) is 95.1 Å². The van der Waals surface area contributed by atoms with Crippen LogP contribution in [0.2, 0.25) is 0 Å². The van der Waals surface area contributed by atoms with E-state index < -0.39 is 0 Å². The highest BCUT2D eigenvalue weighted by Gasteiger charge is 2.73. The summed E-state index contributed by atoms with van der Waals surface area (Å²) in [5.74, 6) is 16.2. The largest absolute Gasteiger partial charge is 0.506 e. The fraction of sp³-hybridized carbons (Fsp3) is 0.714. The van der Waals surface area contributed by atoms with E-state index in [4.69, 9.17) is 20.9 Å². The van der Waals surface area contributed by atoms with Gasteiger partial charge >= 0.3 is 0 Å². The summed E-state index contributed by atoms with van der Waals surface area (Å²) in [6.45, 7) is 0. The van der Waals surface area contributed by atoms with Gasteiger partial charge in [0.05, 0.1) is 11.4 Å². The number of aromatic hydroxyl groups is 2. The number of nitrogens with two attached hydrogens (primary N) is 2. The van der Waals surface area contributed by atoms with E-state index in [9.17, 15) is 10.2 Å². The third kappa shape index (κ3) is 7.26. The molecule has 24 aliphatic rings. The summed E-state index contributed by atoms with van der Waals surface area (Å²) < 4.78 is 14.4. The van der Waals surface area contributed by atoms with Crippen LogP contribution in [-0.2, 0) is 21.7 Å². The van der Waals surface area contributed by atoms with Crippen molar-refractivity contribution in [3.8, 4) is 34.5 Å². The molecule has 474 valence electrons. The molecular weight excluding hydrogens is 1100 g/mol. The van der Waals surface area contributed by atoms with Crippen molar-refractivity contribution in [2.45, 2.75) is 253 Å². The zero-order chi connectivity index (χ0) is 59.4. The quantitative estimate of drug-likeness (QED) is 0.0880. The van der Waals surface area contributed by atoms with E-state index in [0.717, 1.165) is 106 Å². The fourth-order valence-corrected chi connectivity index (χ4v) is 34.5. The Morgan fingerprint density at radius 2 is 0.511 bits per heavy atom. The van der Waals surface area contributed by atoms with Crippen LogP contribution in [0.1, 0.15) is 253 Å². The van der Waals surface area contributed by atoms with Crippen molar-refractivity contribution in [1.29, 1.82) is 0 Å². The van der Waals surface area contributed by atoms with E-state index in [1.807, 2.05) is 12.1 Å². The molecule has 28 rings (SSSR count). The van der Waals surface area contributed by atoms with Crippen LogP contribution in [-0.4, -0.2) is 10.2 Å². The molecule has 0 aromatic heterocycles. The predicted octanol–water partition coefficient (Wildman–Crippen LogP) is 20.3. The Bertz CT molecular complexity index is 3320. The lowest BCUT2D eigenvalue weighted by Gasteiger charge is -2.74. The van der Waals surface area contributed by atoms with Crippen LogP contribution < -0.4 is 20.9 Å². The number of ether oxygens (including phenoxy) is 2. The molecule has 4 aromatic rings. The Kier molecular flexibility index (Phi) is 10.5. The standard InChI is InChI=1S/C84H104N2O4/c85-69-19-67(77-27-59-17-60(28-77)38-81(37-59,47-77)79-31-49-9-50(32-79)11-51(10-49)33-79)73(21-71(69)87)89-65-5-1-63(2-6-65)75-23-55-15-56(24-75)42-83(41-55,45-75)84-43-57-16-58(44-84)26-76(25-57,46-84)64-3-7-66(8-4-64)90-74-22-72(88)70(86)20-68(74)78-29-61-18-62(30-78)40-82(39-61,48-78)80-34-52-12-53(35-80)14-54(13-52)36-80/h1-8,19-22,49-62,87-88H,9-18,23-48,85-86H2. The first-order chi connectivity index (χ1) is 43.5. The zero-order valence-corrected chi connectivity index (χ0v) is 54.3. The lowest BCUT2D eigenvalue weighted by molar-refractivity contribution is -0.212. The molecule has 24 bridgehead atoms. The van der Waals surface area contributed by atoms with Gasteiger partial charge in [-0.3, -0.25) is 0 Å². The maximum absolute atomic E-state index is 11.4. The number of phenolic OH excluding ortho intramolecular Hbond substituents is 2. The average molecular weight is 1210 g/mol. The first-order valence-electron chi connectivity index (χ1n) is 38.3. The lowest BCUT2D eigenvalue weighted by Crippen LogP contribution is -2.66. The molecule has 90 heavy (non-hydrogen) atoms. The molecule has 6 N–H and O–H groups in total. The van der Waals surface area contributed by atoms with Crippen molar-refractivity contribution in [3.63, 3.8) is 0 Å². The van der Waals surface area contributed by atoms with Crippen molar-refractivity contribution < 1.29 is 19.7 Å². The summed E-state index contributed by atoms with van der Waals surface area (Å²) in [7, 11) is 0. The fourth-order valence-electron chi connectivity index (χ4n) is 34.5. The molecule has 24 fully saturated rings. The summed E-state index contributed by atoms with van der Waals surface area (Å²) in [6, 6.07) is 27.6. The molecule has 0 spiro atoms. The second-order valence-electron chi connectivity index (χ2n) is 39.5. The maximum Gasteiger partial charge on any atom is 0.142 e. The van der Waals surface area contributed by atoms with Gasteiger partial charge < -0.3 is 31.2 Å². The molecule has 6 heteroatoms. The monoisotopic (exact) mass is 1200 g/mol. The van der Waals surface area contributed by atoms with Gasteiger partial charge in [0.15, 0.2) is 0 Å². The van der Waals surface area contributed by atoms with Gasteiger partial charge in [0.1, 0.15) is 34.5 Å². The summed E-state index contributed by atoms with van der Waals surface area (Å²) in [4.78, 5) is 0. The minimum Gasteiger partial charge on any atom is -0.506 e. The molecule has 0 aliphatic heterocycles. The zero-order valence-electron chi connectivity index (χ0n) is 54.3. The molecule has 8 atom stereocenters. The molecule has 0 radical (unpaired) electrons. The van der Waals surface area contributed by atoms with Gasteiger partial charge in [0.2, 0.25) is 0 Å². The van der Waals surface area contributed by atoms with E-state index in [1.54, 1.807) is 11.1 Å². The molecule has 0 heterocycles. The van der Waals surface area contributed by atoms with Gasteiger partial charge in [-0.15, -0.1) is 0 Å². The van der Waals surface area contributed by atoms with Crippen LogP contribution in [0, 0.1) is 115 Å². The van der Waals surface area contributed by atoms with E-state index in [0.29, 0.717) is 43.9 Å². The second-order valence-corrected chi connectivity index (χ2v) is 39.5. The molecule has 6 nitrogen and oxygen atoms in total. The summed E-state index contributed by atoms with van der Waals surface area (Å²) in [6.07, 6.45) is 51.3. The highest BCUT2D eigenvalue weighted by molar-refractivity contribution is 5.63. The molecule has 0 amide bonds.